The molecule has 0 aromatic heterocycles. The Kier molecular flexibility index (Phi) is 10.1. The number of hydrogen-bond donors (Lipinski definition) is 2. The monoisotopic (exact) mass is 560 g/mol. The summed E-state index contributed by atoms with van der Waals surface area (Å²) in [6.45, 7) is 7.57. The molecular weight excluding hydrogens is 522 g/mol. The number of amides is 2. The first-order chi connectivity index (χ1) is 18.9. The lowest BCUT2D eigenvalue weighted by molar-refractivity contribution is -0.175. The van der Waals surface area contributed by atoms with Crippen LogP contribution in [0.5, 0.6) is 11.5 Å². The van der Waals surface area contributed by atoms with Crippen molar-refractivity contribution in [1.82, 2.24) is 10.2 Å². The van der Waals surface area contributed by atoms with Crippen molar-refractivity contribution in [1.29, 1.82) is 0 Å². The number of nitrogens with one attached hydrogen (secondary N) is 1. The summed E-state index contributed by atoms with van der Waals surface area (Å²) in [5, 5.41) is 12.1. The number of carboxylic acid groups (broad SMARTS) is 1. The molecule has 8 nitrogen and oxygen atoms in total. The zero-order chi connectivity index (χ0) is 29.5. The molecule has 2 aromatic carbocycles. The largest absolute Gasteiger partial charge is 0.493 e. The van der Waals surface area contributed by atoms with E-state index in [1.54, 1.807) is 32.9 Å². The molecule has 1 saturated carbocycles. The fraction of sp³-hybridized carbons (Fsp3) is 0.500. The molecular formula is C30H38F2N2O6. The molecule has 2 aromatic rings. The number of carbonyl (C=O) groups is 3. The summed E-state index contributed by atoms with van der Waals surface area (Å²) >= 11 is 0. The van der Waals surface area contributed by atoms with E-state index in [-0.39, 0.29) is 12.3 Å². The molecule has 0 radical (unpaired) electrons. The quantitative estimate of drug-likeness (QED) is 0.216. The van der Waals surface area contributed by atoms with Gasteiger partial charge in [-0.3, -0.25) is 4.79 Å². The number of carbonyl (C=O) groups excluding carboxylic acids is 2. The molecule has 218 valence electrons. The van der Waals surface area contributed by atoms with Crippen LogP contribution in [0, 0.1) is 0 Å². The number of Topliss-reactive ketones (excluding diaryl/α,β-unsaturated/α-hetero) is 1. The van der Waals surface area contributed by atoms with Crippen molar-refractivity contribution in [3.63, 3.8) is 0 Å². The average molecular weight is 561 g/mol. The molecule has 0 saturated heterocycles. The molecule has 0 heterocycles. The minimum Gasteiger partial charge on any atom is -0.493 e. The lowest BCUT2D eigenvalue weighted by Crippen LogP contribution is -2.68. The molecule has 10 heteroatoms. The normalized spacial score (nSPS) is 15.8. The number of rotatable bonds is 14. The zero-order valence-electron chi connectivity index (χ0n) is 23.5. The van der Waals surface area contributed by atoms with Crippen molar-refractivity contribution in [2.45, 2.75) is 77.3 Å². The highest BCUT2D eigenvalue weighted by atomic mass is 19.3. The van der Waals surface area contributed by atoms with Crippen LogP contribution in [0.2, 0.25) is 0 Å². The minimum atomic E-state index is -3.15. The average Bonchev–Trinajstić information content (AvgIpc) is 2.87. The van der Waals surface area contributed by atoms with Gasteiger partial charge in [-0.05, 0) is 70.2 Å². The Morgan fingerprint density at radius 3 is 2.08 bits per heavy atom. The Balaban J connectivity index is 1.91. The van der Waals surface area contributed by atoms with Gasteiger partial charge < -0.3 is 24.8 Å². The number of benzene rings is 2. The molecule has 2 amide bonds. The topological polar surface area (TPSA) is 105 Å². The number of ether oxygens (including phenoxy) is 2. The maximum atomic E-state index is 13.7. The molecule has 0 aliphatic heterocycles. The molecule has 0 unspecified atom stereocenters. The number of aryl methyl sites for hydroxylation is 1. The molecule has 3 rings (SSSR count). The molecule has 1 fully saturated rings. The van der Waals surface area contributed by atoms with Crippen LogP contribution in [0.4, 0.5) is 13.6 Å². The van der Waals surface area contributed by atoms with E-state index in [4.69, 9.17) is 9.47 Å². The minimum absolute atomic E-state index is 0.240. The second-order valence-corrected chi connectivity index (χ2v) is 10.2. The van der Waals surface area contributed by atoms with Crippen LogP contribution < -0.4 is 14.8 Å². The van der Waals surface area contributed by atoms with Gasteiger partial charge in [-0.25, -0.2) is 18.4 Å². The fourth-order valence-corrected chi connectivity index (χ4v) is 5.04. The van der Waals surface area contributed by atoms with Gasteiger partial charge in [0.15, 0.2) is 11.3 Å². The highest BCUT2D eigenvalue weighted by Gasteiger charge is 2.62. The third-order valence-corrected chi connectivity index (χ3v) is 7.08. The fourth-order valence-electron chi connectivity index (χ4n) is 5.04. The molecule has 1 aliphatic rings. The standard InChI is InChI=1S/C30H38F2N2O6/c1-5-39-24-16-23(17-25(40-6-2)26(24)21(4)35)20(3)34(15-11-10-14-22-12-8-7-9-13-22)28(38)33-29(27(36)37)18-30(31,32)19-29/h7-9,12-13,16-17,20H,5-6,10-11,14-15,18-19H2,1-4H3,(H,33,38)(H,36,37)/t20-/m1/s1. The summed E-state index contributed by atoms with van der Waals surface area (Å²) < 4.78 is 39.0. The molecule has 1 aliphatic carbocycles. The Labute approximate surface area is 233 Å². The zero-order valence-corrected chi connectivity index (χ0v) is 23.5. The van der Waals surface area contributed by atoms with E-state index in [1.165, 1.54) is 11.8 Å². The number of carboxylic acids is 1. The predicted molar refractivity (Wildman–Crippen MR) is 146 cm³/mol. The molecule has 2 N–H and O–H groups in total. The number of ketones is 1. The van der Waals surface area contributed by atoms with Crippen molar-refractivity contribution in [3.8, 4) is 11.5 Å². The van der Waals surface area contributed by atoms with Gasteiger partial charge in [0.1, 0.15) is 17.1 Å². The second-order valence-electron chi connectivity index (χ2n) is 10.2. The van der Waals surface area contributed by atoms with E-state index < -0.39 is 42.3 Å². The summed E-state index contributed by atoms with van der Waals surface area (Å²) in [7, 11) is 0. The second kappa shape index (κ2) is 13.1. The summed E-state index contributed by atoms with van der Waals surface area (Å²) in [4.78, 5) is 39.3. The predicted octanol–water partition coefficient (Wildman–Crippen LogP) is 6.03. The van der Waals surface area contributed by atoms with Gasteiger partial charge in [-0.2, -0.15) is 0 Å². The van der Waals surface area contributed by atoms with Crippen LogP contribution in [0.3, 0.4) is 0 Å². The Bertz CT molecular complexity index is 1170. The van der Waals surface area contributed by atoms with Crippen LogP contribution in [0.1, 0.15) is 80.9 Å². The van der Waals surface area contributed by atoms with Crippen LogP contribution >= 0.6 is 0 Å². The number of alkyl halides is 2. The van der Waals surface area contributed by atoms with Crippen molar-refractivity contribution in [2.75, 3.05) is 19.8 Å². The van der Waals surface area contributed by atoms with Crippen LogP contribution in [-0.4, -0.2) is 59.0 Å². The van der Waals surface area contributed by atoms with Crippen molar-refractivity contribution in [3.05, 3.63) is 59.2 Å². The highest BCUT2D eigenvalue weighted by molar-refractivity contribution is 6.00. The number of nitrogens with zero attached hydrogens (tertiary/aromatic N) is 1. The lowest BCUT2D eigenvalue weighted by atomic mass is 9.73. The number of halogens is 2. The van der Waals surface area contributed by atoms with Gasteiger partial charge >= 0.3 is 12.0 Å². The van der Waals surface area contributed by atoms with Gasteiger partial charge in [0, 0.05) is 19.4 Å². The number of aliphatic carboxylic acids is 1. The van der Waals surface area contributed by atoms with Crippen molar-refractivity contribution < 1.29 is 37.7 Å². The number of unbranched alkanes of at least 4 members (excludes halogenated alkanes) is 1. The van der Waals surface area contributed by atoms with Crippen molar-refractivity contribution >= 4 is 17.8 Å². The first kappa shape index (κ1) is 30.8. The third kappa shape index (κ3) is 7.28. The van der Waals surface area contributed by atoms with Crippen LogP contribution in [-0.2, 0) is 11.2 Å². The van der Waals surface area contributed by atoms with Gasteiger partial charge in [0.05, 0.1) is 19.3 Å². The molecule has 1 atom stereocenters. The molecule has 0 bridgehead atoms. The Morgan fingerprint density at radius 1 is 1.02 bits per heavy atom. The number of urea groups is 1. The summed E-state index contributed by atoms with van der Waals surface area (Å²) in [6, 6.07) is 11.8. The highest BCUT2D eigenvalue weighted by Crippen LogP contribution is 2.46. The molecule has 0 spiro atoms. The van der Waals surface area contributed by atoms with Gasteiger partial charge in [0.25, 0.3) is 5.92 Å². The smallest absolute Gasteiger partial charge is 0.329 e. The van der Waals surface area contributed by atoms with Gasteiger partial charge in [-0.1, -0.05) is 30.3 Å². The third-order valence-electron chi connectivity index (χ3n) is 7.08. The van der Waals surface area contributed by atoms with E-state index in [1.807, 2.05) is 30.3 Å². The van der Waals surface area contributed by atoms with Gasteiger partial charge in [-0.15, -0.1) is 0 Å². The number of hydrogen-bond acceptors (Lipinski definition) is 5. The Hall–Kier alpha value is -3.69. The summed E-state index contributed by atoms with van der Waals surface area (Å²) in [5.74, 6) is -4.26. The maximum Gasteiger partial charge on any atom is 0.329 e. The first-order valence-corrected chi connectivity index (χ1v) is 13.6. The maximum absolute atomic E-state index is 13.7. The van der Waals surface area contributed by atoms with Crippen molar-refractivity contribution in [2.24, 2.45) is 0 Å². The van der Waals surface area contributed by atoms with E-state index in [0.29, 0.717) is 42.3 Å². The summed E-state index contributed by atoms with van der Waals surface area (Å²) in [6.07, 6.45) is 0.193. The van der Waals surface area contributed by atoms with Crippen LogP contribution in [0.25, 0.3) is 0 Å². The van der Waals surface area contributed by atoms with E-state index in [0.717, 1.165) is 18.4 Å². The van der Waals surface area contributed by atoms with E-state index >= 15 is 0 Å². The van der Waals surface area contributed by atoms with Crippen LogP contribution in [0.15, 0.2) is 42.5 Å². The lowest BCUT2D eigenvalue weighted by Gasteiger charge is -2.45. The Morgan fingerprint density at radius 2 is 1.60 bits per heavy atom. The SMILES string of the molecule is CCOc1cc([C@@H](C)N(CCCCc2ccccc2)C(=O)NC2(C(=O)O)CC(F)(F)C2)cc(OCC)c1C(C)=O. The van der Waals surface area contributed by atoms with E-state index in [2.05, 4.69) is 5.32 Å². The van der Waals surface area contributed by atoms with E-state index in [9.17, 15) is 28.3 Å². The van der Waals surface area contributed by atoms with Gasteiger partial charge in [0.2, 0.25) is 0 Å². The summed E-state index contributed by atoms with van der Waals surface area (Å²) in [5.41, 5.74) is 0.00250. The first-order valence-electron chi connectivity index (χ1n) is 13.6. The molecule has 40 heavy (non-hydrogen) atoms.